The van der Waals surface area contributed by atoms with E-state index >= 15 is 0 Å². The number of carboxylic acids is 1. The Hall–Kier alpha value is -2.51. The van der Waals surface area contributed by atoms with E-state index in [0.717, 1.165) is 16.6 Å². The Morgan fingerprint density at radius 2 is 1.97 bits per heavy atom. The van der Waals surface area contributed by atoms with Gasteiger partial charge in [0.1, 0.15) is 5.69 Å². The van der Waals surface area contributed by atoms with Crippen molar-refractivity contribution in [3.8, 4) is 6.07 Å². The fraction of sp³-hybridized carbons (Fsp3) is 0.474. The van der Waals surface area contributed by atoms with E-state index in [1.165, 1.54) is 37.5 Å². The van der Waals surface area contributed by atoms with E-state index in [2.05, 4.69) is 15.3 Å². The lowest BCUT2D eigenvalue weighted by molar-refractivity contribution is -0.192. The van der Waals surface area contributed by atoms with Crippen LogP contribution in [0.3, 0.4) is 0 Å². The molecule has 0 aliphatic carbocycles. The van der Waals surface area contributed by atoms with Gasteiger partial charge in [-0.05, 0) is 67.5 Å². The molecule has 0 saturated carbocycles. The lowest BCUT2D eigenvalue weighted by Crippen LogP contribution is -2.47. The summed E-state index contributed by atoms with van der Waals surface area (Å²) in [7, 11) is 0. The fourth-order valence-electron chi connectivity index (χ4n) is 3.86. The molecule has 5 rings (SSSR count). The molecule has 1 aromatic heterocycles. The minimum atomic E-state index is -5.08. The summed E-state index contributed by atoms with van der Waals surface area (Å²) in [6, 6.07) is 7.58. The third kappa shape index (κ3) is 4.92. The molecule has 0 unspecified atom stereocenters. The number of hydrogen-bond acceptors (Lipinski definition) is 6. The van der Waals surface area contributed by atoms with Gasteiger partial charge in [-0.2, -0.15) is 22.8 Å². The van der Waals surface area contributed by atoms with E-state index in [1.54, 1.807) is 6.07 Å². The van der Waals surface area contributed by atoms with Crippen molar-refractivity contribution in [2.24, 2.45) is 11.8 Å². The molecule has 2 aromatic rings. The highest BCUT2D eigenvalue weighted by molar-refractivity contribution is 7.13. The molecule has 3 fully saturated rings. The van der Waals surface area contributed by atoms with Gasteiger partial charge in [-0.15, -0.1) is 0 Å². The van der Waals surface area contributed by atoms with Gasteiger partial charge >= 0.3 is 12.1 Å². The number of carbonyl (C=O) groups is 2. The molecule has 29 heavy (non-hydrogen) atoms. The monoisotopic (exact) mass is 425 g/mol. The predicted molar refractivity (Wildman–Crippen MR) is 99.6 cm³/mol. The number of hydrogen-bond donors (Lipinski definition) is 1. The van der Waals surface area contributed by atoms with Crippen molar-refractivity contribution in [2.45, 2.75) is 25.4 Å². The van der Waals surface area contributed by atoms with E-state index in [4.69, 9.17) is 15.2 Å². The van der Waals surface area contributed by atoms with Crippen molar-refractivity contribution in [3.05, 3.63) is 29.5 Å². The van der Waals surface area contributed by atoms with Crippen molar-refractivity contribution in [1.82, 2.24) is 9.27 Å². The van der Waals surface area contributed by atoms with Gasteiger partial charge in [0, 0.05) is 18.4 Å². The smallest absolute Gasteiger partial charge is 0.475 e. The highest BCUT2D eigenvalue weighted by Crippen LogP contribution is 2.35. The second-order valence-corrected chi connectivity index (χ2v) is 7.99. The Morgan fingerprint density at radius 3 is 2.48 bits per heavy atom. The molecule has 1 atom stereocenters. The number of nitriles is 1. The number of nitrogens with zero attached hydrogens (tertiary/aromatic N) is 3. The highest BCUT2D eigenvalue weighted by Gasteiger charge is 2.38. The molecular formula is C19H18F3N3O3S. The average Bonchev–Trinajstić information content (AvgIpc) is 3.12. The summed E-state index contributed by atoms with van der Waals surface area (Å²) in [5.41, 5.74) is 1.22. The first-order chi connectivity index (χ1) is 13.7. The van der Waals surface area contributed by atoms with Crippen molar-refractivity contribution in [1.29, 1.82) is 5.26 Å². The first kappa shape index (κ1) is 21.2. The van der Waals surface area contributed by atoms with Crippen molar-refractivity contribution < 1.29 is 27.9 Å². The zero-order valence-electron chi connectivity index (χ0n) is 15.3. The Morgan fingerprint density at radius 1 is 1.31 bits per heavy atom. The molecule has 3 aliphatic rings. The van der Waals surface area contributed by atoms with E-state index in [1.807, 2.05) is 12.1 Å². The summed E-state index contributed by atoms with van der Waals surface area (Å²) in [5.74, 6) is -1.39. The topological polar surface area (TPSA) is 94.3 Å². The molecule has 154 valence electrons. The number of piperidine rings is 3. The maximum Gasteiger partial charge on any atom is 0.490 e. The molecule has 2 bridgehead atoms. The Labute approximate surface area is 168 Å². The van der Waals surface area contributed by atoms with Gasteiger partial charge in [0.2, 0.25) is 0 Å². The lowest BCUT2D eigenvalue weighted by Gasteiger charge is -2.44. The Kier molecular flexibility index (Phi) is 6.19. The first-order valence-corrected chi connectivity index (χ1v) is 9.81. The molecule has 6 nitrogen and oxygen atoms in total. The fourth-order valence-corrected chi connectivity index (χ4v) is 4.69. The largest absolute Gasteiger partial charge is 0.490 e. The van der Waals surface area contributed by atoms with Gasteiger partial charge in [-0.1, -0.05) is 0 Å². The van der Waals surface area contributed by atoms with E-state index in [9.17, 15) is 18.0 Å². The maximum atomic E-state index is 12.7. The number of Topliss-reactive ketones (excluding diaryl/α,β-unsaturated/α-hetero) is 1. The van der Waals surface area contributed by atoms with Crippen LogP contribution in [0.2, 0.25) is 0 Å². The van der Waals surface area contributed by atoms with Gasteiger partial charge < -0.3 is 10.0 Å². The van der Waals surface area contributed by atoms with Gasteiger partial charge in [-0.25, -0.2) is 4.79 Å². The molecule has 4 heterocycles. The van der Waals surface area contributed by atoms with Crippen LogP contribution in [-0.2, 0) is 4.79 Å². The predicted octanol–water partition coefficient (Wildman–Crippen LogP) is 3.72. The SMILES string of the molecule is N#Cc1ccc2c(C(=O)C[C@@H]3CN4CCC3CC4)nsc2c1.O=C(O)C(F)(F)F. The van der Waals surface area contributed by atoms with Crippen LogP contribution in [-0.4, -0.2) is 51.9 Å². The molecule has 1 aromatic carbocycles. The number of fused-ring (bicyclic) bond motifs is 4. The number of alkyl halides is 3. The van der Waals surface area contributed by atoms with Crippen LogP contribution in [0.4, 0.5) is 13.2 Å². The molecular weight excluding hydrogens is 407 g/mol. The van der Waals surface area contributed by atoms with Crippen LogP contribution < -0.4 is 0 Å². The summed E-state index contributed by atoms with van der Waals surface area (Å²) in [5, 5.41) is 17.0. The van der Waals surface area contributed by atoms with Crippen LogP contribution in [0.5, 0.6) is 0 Å². The van der Waals surface area contributed by atoms with Crippen LogP contribution in [0, 0.1) is 23.2 Å². The van der Waals surface area contributed by atoms with Crippen molar-refractivity contribution in [3.63, 3.8) is 0 Å². The van der Waals surface area contributed by atoms with Crippen molar-refractivity contribution >= 4 is 33.4 Å². The number of halogens is 3. The quantitative estimate of drug-likeness (QED) is 0.754. The molecule has 3 saturated heterocycles. The number of carbonyl (C=O) groups excluding carboxylic acids is 1. The number of aliphatic carboxylic acids is 1. The van der Waals surface area contributed by atoms with Crippen molar-refractivity contribution in [2.75, 3.05) is 19.6 Å². The number of rotatable bonds is 3. The van der Waals surface area contributed by atoms with Crippen LogP contribution in [0.1, 0.15) is 35.3 Å². The summed E-state index contributed by atoms with van der Waals surface area (Å²) in [4.78, 5) is 24.1. The van der Waals surface area contributed by atoms with Gasteiger partial charge in [-0.3, -0.25) is 4.79 Å². The zero-order valence-corrected chi connectivity index (χ0v) is 16.1. The van der Waals surface area contributed by atoms with E-state index < -0.39 is 12.1 Å². The van der Waals surface area contributed by atoms with Gasteiger partial charge in [0.05, 0.1) is 16.3 Å². The van der Waals surface area contributed by atoms with Gasteiger partial charge in [0.25, 0.3) is 0 Å². The maximum absolute atomic E-state index is 12.7. The third-order valence-electron chi connectivity index (χ3n) is 5.35. The van der Waals surface area contributed by atoms with E-state index in [-0.39, 0.29) is 5.78 Å². The number of ketones is 1. The molecule has 1 N–H and O–H groups in total. The highest BCUT2D eigenvalue weighted by atomic mass is 32.1. The summed E-state index contributed by atoms with van der Waals surface area (Å²) < 4.78 is 37.0. The number of benzene rings is 1. The van der Waals surface area contributed by atoms with Gasteiger partial charge in [0.15, 0.2) is 5.78 Å². The summed E-state index contributed by atoms with van der Waals surface area (Å²) >= 11 is 1.32. The molecule has 3 aliphatic heterocycles. The summed E-state index contributed by atoms with van der Waals surface area (Å²) in [6.07, 6.45) is -2.00. The Bertz CT molecular complexity index is 959. The average molecular weight is 425 g/mol. The minimum absolute atomic E-state index is 0.162. The standard InChI is InChI=1S/C17H17N3OS.C2HF3O2/c18-9-11-1-2-14-16(7-11)22-19-17(14)15(21)8-13-10-20-5-3-12(13)4-6-20;3-2(4,5)1(6)7/h1-2,7,12-13H,3-6,8,10H2;(H,6,7)/t13-;/m1./s1. The van der Waals surface area contributed by atoms with Crippen LogP contribution in [0.15, 0.2) is 18.2 Å². The van der Waals surface area contributed by atoms with E-state index in [0.29, 0.717) is 29.5 Å². The van der Waals surface area contributed by atoms with Crippen LogP contribution >= 0.6 is 11.5 Å². The Balaban J connectivity index is 0.000000298. The molecule has 0 amide bonds. The lowest BCUT2D eigenvalue weighted by atomic mass is 9.76. The molecule has 0 spiro atoms. The minimum Gasteiger partial charge on any atom is -0.475 e. The number of aromatic nitrogens is 1. The van der Waals surface area contributed by atoms with Crippen LogP contribution in [0.25, 0.3) is 10.1 Å². The second kappa shape index (κ2) is 8.47. The molecule has 10 heteroatoms. The number of carboxylic acid groups (broad SMARTS) is 1. The normalized spacial score (nSPS) is 23.2. The first-order valence-electron chi connectivity index (χ1n) is 9.04. The summed E-state index contributed by atoms with van der Waals surface area (Å²) in [6.45, 7) is 3.47. The molecule has 0 radical (unpaired) electrons. The third-order valence-corrected chi connectivity index (χ3v) is 6.16. The second-order valence-electron chi connectivity index (χ2n) is 7.18. The zero-order chi connectivity index (χ0) is 21.2.